The van der Waals surface area contributed by atoms with Crippen LogP contribution in [-0.4, -0.2) is 41.3 Å². The minimum absolute atomic E-state index is 0.00133. The molecule has 1 aliphatic rings. The Morgan fingerprint density at radius 2 is 1.89 bits per heavy atom. The molecule has 1 aromatic carbocycles. The van der Waals surface area contributed by atoms with Gasteiger partial charge in [-0.2, -0.15) is 0 Å². The molecule has 0 radical (unpaired) electrons. The van der Waals surface area contributed by atoms with E-state index in [1.807, 2.05) is 25.1 Å². The van der Waals surface area contributed by atoms with Crippen molar-refractivity contribution >= 4 is 12.2 Å². The van der Waals surface area contributed by atoms with E-state index in [0.717, 1.165) is 19.3 Å². The molecule has 0 saturated heterocycles. The van der Waals surface area contributed by atoms with Gasteiger partial charge in [0.2, 0.25) is 0 Å². The van der Waals surface area contributed by atoms with Crippen LogP contribution in [0.3, 0.4) is 0 Å². The fourth-order valence-corrected chi connectivity index (χ4v) is 4.65. The minimum atomic E-state index is -0.992. The van der Waals surface area contributed by atoms with E-state index in [1.54, 1.807) is 17.0 Å². The molecule has 2 unspecified atom stereocenters. The molecule has 0 bridgehead atoms. The fourth-order valence-electron chi connectivity index (χ4n) is 4.65. The molecule has 2 rings (SSSR count). The molecule has 27 heavy (non-hydrogen) atoms. The number of benzene rings is 1. The molecule has 2 amide bonds. The Balaban J connectivity index is 2.12. The second-order valence-corrected chi connectivity index (χ2v) is 8.81. The summed E-state index contributed by atoms with van der Waals surface area (Å²) < 4.78 is 5.54. The van der Waals surface area contributed by atoms with E-state index in [4.69, 9.17) is 9.84 Å². The number of carboxylic acid groups (broad SMARTS) is 1. The van der Waals surface area contributed by atoms with Crippen molar-refractivity contribution in [1.82, 2.24) is 10.2 Å². The topological polar surface area (TPSA) is 78.9 Å². The van der Waals surface area contributed by atoms with Gasteiger partial charge >= 0.3 is 12.2 Å². The van der Waals surface area contributed by atoms with Crippen molar-refractivity contribution in [2.45, 2.75) is 59.4 Å². The zero-order valence-electron chi connectivity index (χ0n) is 16.8. The third-order valence-corrected chi connectivity index (χ3v) is 5.04. The lowest BCUT2D eigenvalue weighted by molar-refractivity contribution is 0.0394. The van der Waals surface area contributed by atoms with E-state index in [9.17, 15) is 9.59 Å². The number of nitrogens with one attached hydrogen (secondary N) is 1. The average molecular weight is 376 g/mol. The first-order valence-electron chi connectivity index (χ1n) is 9.64. The van der Waals surface area contributed by atoms with E-state index in [2.05, 4.69) is 26.1 Å². The Morgan fingerprint density at radius 3 is 2.48 bits per heavy atom. The number of hydrogen-bond acceptors (Lipinski definition) is 3. The van der Waals surface area contributed by atoms with Crippen molar-refractivity contribution in [2.24, 2.45) is 10.8 Å². The van der Waals surface area contributed by atoms with Gasteiger partial charge in [0, 0.05) is 19.1 Å². The van der Waals surface area contributed by atoms with Crippen LogP contribution in [-0.2, 0) is 0 Å². The third kappa shape index (κ3) is 6.45. The van der Waals surface area contributed by atoms with Crippen LogP contribution in [0.5, 0.6) is 5.75 Å². The van der Waals surface area contributed by atoms with Gasteiger partial charge < -0.3 is 20.1 Å². The highest BCUT2D eigenvalue weighted by Crippen LogP contribution is 2.46. The SMILES string of the molecule is CCCN(CC1(C)CC(NC(=O)O)CC(C)(C)C1)C(=O)Oc1ccccc1. The summed E-state index contributed by atoms with van der Waals surface area (Å²) in [7, 11) is 0. The maximum absolute atomic E-state index is 12.7. The predicted octanol–water partition coefficient (Wildman–Crippen LogP) is 4.75. The Kier molecular flexibility index (Phi) is 6.73. The first kappa shape index (κ1) is 21.1. The minimum Gasteiger partial charge on any atom is -0.465 e. The summed E-state index contributed by atoms with van der Waals surface area (Å²) in [5.41, 5.74) is -0.179. The van der Waals surface area contributed by atoms with Crippen molar-refractivity contribution in [3.8, 4) is 5.75 Å². The molecule has 6 nitrogen and oxygen atoms in total. The summed E-state index contributed by atoms with van der Waals surface area (Å²) in [4.78, 5) is 25.6. The van der Waals surface area contributed by atoms with Gasteiger partial charge in [-0.25, -0.2) is 9.59 Å². The number of carbonyl (C=O) groups is 2. The Bertz CT molecular complexity index is 647. The zero-order valence-corrected chi connectivity index (χ0v) is 16.8. The molecule has 1 aliphatic carbocycles. The quantitative estimate of drug-likeness (QED) is 0.751. The van der Waals surface area contributed by atoms with Gasteiger partial charge in [-0.15, -0.1) is 0 Å². The van der Waals surface area contributed by atoms with Crippen molar-refractivity contribution in [2.75, 3.05) is 13.1 Å². The molecular formula is C21H32N2O4. The number of hydrogen-bond donors (Lipinski definition) is 2. The van der Waals surface area contributed by atoms with Crippen molar-refractivity contribution in [3.63, 3.8) is 0 Å². The van der Waals surface area contributed by atoms with E-state index >= 15 is 0 Å². The van der Waals surface area contributed by atoms with Crippen LogP contribution in [0.1, 0.15) is 53.4 Å². The molecular weight excluding hydrogens is 344 g/mol. The van der Waals surface area contributed by atoms with Gasteiger partial charge in [-0.05, 0) is 48.6 Å². The lowest BCUT2D eigenvalue weighted by Crippen LogP contribution is -2.51. The number of nitrogens with zero attached hydrogens (tertiary/aromatic N) is 1. The van der Waals surface area contributed by atoms with Crippen LogP contribution in [0.4, 0.5) is 9.59 Å². The van der Waals surface area contributed by atoms with Crippen LogP contribution in [0.2, 0.25) is 0 Å². The standard InChI is InChI=1S/C21H32N2O4/c1-5-11-23(19(26)27-17-9-7-6-8-10-17)15-21(4)13-16(22-18(24)25)12-20(2,3)14-21/h6-10,16,22H,5,11-15H2,1-4H3,(H,24,25). The Hall–Kier alpha value is -2.24. The molecule has 150 valence electrons. The van der Waals surface area contributed by atoms with Gasteiger partial charge in [0.25, 0.3) is 0 Å². The molecule has 0 aliphatic heterocycles. The van der Waals surface area contributed by atoms with Crippen LogP contribution in [0.25, 0.3) is 0 Å². The first-order valence-corrected chi connectivity index (χ1v) is 9.64. The highest BCUT2D eigenvalue weighted by atomic mass is 16.6. The molecule has 0 heterocycles. The molecule has 0 spiro atoms. The van der Waals surface area contributed by atoms with Gasteiger partial charge in [-0.3, -0.25) is 0 Å². The summed E-state index contributed by atoms with van der Waals surface area (Å²) in [6, 6.07) is 8.97. The van der Waals surface area contributed by atoms with Crippen LogP contribution in [0.15, 0.2) is 30.3 Å². The molecule has 2 atom stereocenters. The molecule has 0 aromatic heterocycles. The van der Waals surface area contributed by atoms with E-state index in [-0.39, 0.29) is 23.0 Å². The fraction of sp³-hybridized carbons (Fsp3) is 0.619. The summed E-state index contributed by atoms with van der Waals surface area (Å²) in [6.45, 7) is 9.65. The second-order valence-electron chi connectivity index (χ2n) is 8.81. The first-order chi connectivity index (χ1) is 12.6. The third-order valence-electron chi connectivity index (χ3n) is 5.04. The van der Waals surface area contributed by atoms with Gasteiger partial charge in [-0.1, -0.05) is 45.9 Å². The van der Waals surface area contributed by atoms with Gasteiger partial charge in [0.1, 0.15) is 5.75 Å². The number of amides is 2. The maximum Gasteiger partial charge on any atom is 0.415 e. The normalized spacial score (nSPS) is 24.1. The maximum atomic E-state index is 12.7. The summed E-state index contributed by atoms with van der Waals surface area (Å²) >= 11 is 0. The Labute approximate surface area is 161 Å². The lowest BCUT2D eigenvalue weighted by Gasteiger charge is -2.48. The predicted molar refractivity (Wildman–Crippen MR) is 105 cm³/mol. The average Bonchev–Trinajstić information content (AvgIpc) is 2.52. The van der Waals surface area contributed by atoms with E-state index in [1.165, 1.54) is 0 Å². The van der Waals surface area contributed by atoms with E-state index in [0.29, 0.717) is 25.3 Å². The zero-order chi connectivity index (χ0) is 20.1. The highest BCUT2D eigenvalue weighted by Gasteiger charge is 2.43. The smallest absolute Gasteiger partial charge is 0.415 e. The number of ether oxygens (including phenoxy) is 1. The summed E-state index contributed by atoms with van der Waals surface area (Å²) in [6.07, 6.45) is 1.93. The number of para-hydroxylation sites is 1. The van der Waals surface area contributed by atoms with Crippen LogP contribution < -0.4 is 10.1 Å². The number of rotatable bonds is 6. The van der Waals surface area contributed by atoms with Crippen molar-refractivity contribution < 1.29 is 19.4 Å². The van der Waals surface area contributed by atoms with Gasteiger partial charge in [0.05, 0.1) is 0 Å². The molecule has 1 fully saturated rings. The molecule has 1 aromatic rings. The highest BCUT2D eigenvalue weighted by molar-refractivity contribution is 5.70. The molecule has 2 N–H and O–H groups in total. The monoisotopic (exact) mass is 376 g/mol. The van der Waals surface area contributed by atoms with Crippen molar-refractivity contribution in [3.05, 3.63) is 30.3 Å². The largest absolute Gasteiger partial charge is 0.465 e. The second kappa shape index (κ2) is 8.63. The van der Waals surface area contributed by atoms with Crippen molar-refractivity contribution in [1.29, 1.82) is 0 Å². The van der Waals surface area contributed by atoms with E-state index < -0.39 is 6.09 Å². The summed E-state index contributed by atoms with van der Waals surface area (Å²) in [5.74, 6) is 0.531. The molecule has 1 saturated carbocycles. The Morgan fingerprint density at radius 1 is 1.22 bits per heavy atom. The van der Waals surface area contributed by atoms with Crippen LogP contribution >= 0.6 is 0 Å². The lowest BCUT2D eigenvalue weighted by atomic mass is 9.62. The van der Waals surface area contributed by atoms with Crippen LogP contribution in [0, 0.1) is 10.8 Å². The number of carbonyl (C=O) groups excluding carboxylic acids is 1. The van der Waals surface area contributed by atoms with Gasteiger partial charge in [0.15, 0.2) is 0 Å². The molecule has 6 heteroatoms. The summed E-state index contributed by atoms with van der Waals surface area (Å²) in [5, 5.41) is 11.8.